The van der Waals surface area contributed by atoms with Crippen molar-refractivity contribution in [2.24, 2.45) is 0 Å². The molecule has 0 fully saturated rings. The van der Waals surface area contributed by atoms with Gasteiger partial charge in [-0.05, 0) is 36.1 Å². The van der Waals surface area contributed by atoms with Crippen LogP contribution >= 0.6 is 0 Å². The first-order valence-corrected chi connectivity index (χ1v) is 10.5. The summed E-state index contributed by atoms with van der Waals surface area (Å²) >= 11 is 0. The van der Waals surface area contributed by atoms with Crippen LogP contribution in [0.1, 0.15) is 56.2 Å². The summed E-state index contributed by atoms with van der Waals surface area (Å²) in [7, 11) is 3.19. The molecule has 0 radical (unpaired) electrons. The molecule has 164 valence electrons. The van der Waals surface area contributed by atoms with Crippen molar-refractivity contribution in [3.63, 3.8) is 0 Å². The first-order valence-electron chi connectivity index (χ1n) is 10.5. The smallest absolute Gasteiger partial charge is 0.220 e. The highest BCUT2D eigenvalue weighted by Gasteiger charge is 2.14. The number of nitrogens with one attached hydrogen (secondary N) is 1. The fraction of sp³-hybridized carbons (Fsp3) is 0.360. The SMILES string of the molecule is COc1ccc(C(C)NC(=O)CCc2ncc(-c3ccc(C(C)C)cc3)o2)cc1OC. The van der Waals surface area contributed by atoms with E-state index in [0.29, 0.717) is 41.9 Å². The summed E-state index contributed by atoms with van der Waals surface area (Å²) in [6.45, 7) is 6.26. The van der Waals surface area contributed by atoms with Crippen LogP contribution < -0.4 is 14.8 Å². The third-order valence-corrected chi connectivity index (χ3v) is 5.27. The second-order valence-corrected chi connectivity index (χ2v) is 7.80. The summed E-state index contributed by atoms with van der Waals surface area (Å²) in [6.07, 6.45) is 2.45. The number of aryl methyl sites for hydroxylation is 1. The predicted octanol–water partition coefficient (Wildman–Crippen LogP) is 5.29. The molecule has 6 nitrogen and oxygen atoms in total. The molecule has 1 heterocycles. The lowest BCUT2D eigenvalue weighted by Gasteiger charge is -2.16. The average molecular weight is 423 g/mol. The summed E-state index contributed by atoms with van der Waals surface area (Å²) in [5, 5.41) is 3.01. The molecule has 1 aromatic heterocycles. The Morgan fingerprint density at radius 2 is 1.68 bits per heavy atom. The second-order valence-electron chi connectivity index (χ2n) is 7.80. The number of hydrogen-bond acceptors (Lipinski definition) is 5. The molecular weight excluding hydrogens is 392 g/mol. The Morgan fingerprint density at radius 1 is 1.00 bits per heavy atom. The second kappa shape index (κ2) is 10.2. The van der Waals surface area contributed by atoms with Gasteiger partial charge in [0.25, 0.3) is 0 Å². The molecule has 1 N–H and O–H groups in total. The Labute approximate surface area is 183 Å². The van der Waals surface area contributed by atoms with Gasteiger partial charge in [0.1, 0.15) is 0 Å². The van der Waals surface area contributed by atoms with E-state index >= 15 is 0 Å². The fourth-order valence-electron chi connectivity index (χ4n) is 3.33. The Kier molecular flexibility index (Phi) is 7.34. The molecule has 0 aliphatic heterocycles. The lowest BCUT2D eigenvalue weighted by Crippen LogP contribution is -2.26. The number of benzene rings is 2. The van der Waals surface area contributed by atoms with E-state index in [-0.39, 0.29) is 11.9 Å². The van der Waals surface area contributed by atoms with Crippen molar-refractivity contribution in [2.75, 3.05) is 14.2 Å². The van der Waals surface area contributed by atoms with Gasteiger partial charge in [-0.3, -0.25) is 4.79 Å². The molecule has 1 amide bonds. The van der Waals surface area contributed by atoms with Gasteiger partial charge in [-0.15, -0.1) is 0 Å². The van der Waals surface area contributed by atoms with Gasteiger partial charge >= 0.3 is 0 Å². The van der Waals surface area contributed by atoms with Gasteiger partial charge in [-0.1, -0.05) is 44.2 Å². The topological polar surface area (TPSA) is 73.6 Å². The van der Waals surface area contributed by atoms with Gasteiger partial charge < -0.3 is 19.2 Å². The first kappa shape index (κ1) is 22.4. The summed E-state index contributed by atoms with van der Waals surface area (Å²) in [5.41, 5.74) is 3.20. The molecule has 0 saturated heterocycles. The molecule has 3 rings (SSSR count). The van der Waals surface area contributed by atoms with Crippen molar-refractivity contribution in [1.82, 2.24) is 10.3 Å². The minimum atomic E-state index is -0.160. The minimum Gasteiger partial charge on any atom is -0.493 e. The number of methoxy groups -OCH3 is 2. The monoisotopic (exact) mass is 422 g/mol. The summed E-state index contributed by atoms with van der Waals surface area (Å²) in [5.74, 6) is 2.97. The maximum Gasteiger partial charge on any atom is 0.220 e. The van der Waals surface area contributed by atoms with E-state index in [2.05, 4.69) is 36.3 Å². The van der Waals surface area contributed by atoms with Crippen molar-refractivity contribution >= 4 is 5.91 Å². The van der Waals surface area contributed by atoms with Crippen molar-refractivity contribution in [2.45, 2.75) is 45.6 Å². The maximum absolute atomic E-state index is 12.4. The van der Waals surface area contributed by atoms with E-state index in [1.807, 2.05) is 37.3 Å². The van der Waals surface area contributed by atoms with Gasteiger partial charge in [0.15, 0.2) is 23.1 Å². The number of aromatic nitrogens is 1. The summed E-state index contributed by atoms with van der Waals surface area (Å²) in [6, 6.07) is 13.7. The largest absolute Gasteiger partial charge is 0.493 e. The van der Waals surface area contributed by atoms with Crippen LogP contribution in [-0.2, 0) is 11.2 Å². The molecule has 0 aliphatic carbocycles. The molecule has 6 heteroatoms. The van der Waals surface area contributed by atoms with Crippen LogP contribution in [0.25, 0.3) is 11.3 Å². The summed E-state index contributed by atoms with van der Waals surface area (Å²) in [4.78, 5) is 16.7. The number of nitrogens with zero attached hydrogens (tertiary/aromatic N) is 1. The highest BCUT2D eigenvalue weighted by atomic mass is 16.5. The predicted molar refractivity (Wildman–Crippen MR) is 120 cm³/mol. The van der Waals surface area contributed by atoms with Crippen molar-refractivity contribution < 1.29 is 18.7 Å². The first-order chi connectivity index (χ1) is 14.9. The van der Waals surface area contributed by atoms with Crippen molar-refractivity contribution in [3.8, 4) is 22.8 Å². The lowest BCUT2D eigenvalue weighted by atomic mass is 10.0. The van der Waals surface area contributed by atoms with E-state index in [1.54, 1.807) is 20.4 Å². The van der Waals surface area contributed by atoms with Crippen LogP contribution in [0, 0.1) is 0 Å². The number of ether oxygens (including phenoxy) is 2. The molecule has 3 aromatic rings. The Morgan fingerprint density at radius 3 is 2.32 bits per heavy atom. The third kappa shape index (κ3) is 5.66. The van der Waals surface area contributed by atoms with Crippen molar-refractivity contribution in [3.05, 3.63) is 65.7 Å². The summed E-state index contributed by atoms with van der Waals surface area (Å²) < 4.78 is 16.4. The van der Waals surface area contributed by atoms with Gasteiger partial charge in [0.2, 0.25) is 5.91 Å². The van der Waals surface area contributed by atoms with Gasteiger partial charge in [-0.25, -0.2) is 4.98 Å². The van der Waals surface area contributed by atoms with Crippen LogP contribution in [0.4, 0.5) is 0 Å². The number of hydrogen-bond donors (Lipinski definition) is 1. The van der Waals surface area contributed by atoms with Crippen LogP contribution in [0.3, 0.4) is 0 Å². The Hall–Kier alpha value is -3.28. The number of amides is 1. The van der Waals surface area contributed by atoms with Gasteiger partial charge in [0.05, 0.1) is 26.5 Å². The Balaban J connectivity index is 1.55. The minimum absolute atomic E-state index is 0.0664. The highest BCUT2D eigenvalue weighted by molar-refractivity contribution is 5.76. The molecule has 0 saturated carbocycles. The van der Waals surface area contributed by atoms with E-state index in [9.17, 15) is 4.79 Å². The van der Waals surface area contributed by atoms with E-state index in [0.717, 1.165) is 11.1 Å². The molecule has 2 aromatic carbocycles. The van der Waals surface area contributed by atoms with E-state index in [1.165, 1.54) is 5.56 Å². The Bertz CT molecular complexity index is 1010. The van der Waals surface area contributed by atoms with Crippen LogP contribution in [0.15, 0.2) is 53.1 Å². The molecule has 0 spiro atoms. The van der Waals surface area contributed by atoms with Crippen molar-refractivity contribution in [1.29, 1.82) is 0 Å². The van der Waals surface area contributed by atoms with Gasteiger partial charge in [0, 0.05) is 18.4 Å². The standard InChI is InChI=1S/C25H30N2O4/c1-16(2)18-6-8-19(9-7-18)23-15-26-25(31-23)13-12-24(28)27-17(3)20-10-11-21(29-4)22(14-20)30-5/h6-11,14-17H,12-13H2,1-5H3,(H,27,28). The number of carbonyl (C=O) groups is 1. The molecule has 0 aliphatic rings. The number of carbonyl (C=O) groups excluding carboxylic acids is 1. The molecular formula is C25H30N2O4. The number of oxazole rings is 1. The third-order valence-electron chi connectivity index (χ3n) is 5.27. The lowest BCUT2D eigenvalue weighted by molar-refractivity contribution is -0.121. The van der Waals surface area contributed by atoms with Crippen LogP contribution in [-0.4, -0.2) is 25.1 Å². The molecule has 1 atom stereocenters. The average Bonchev–Trinajstić information content (AvgIpc) is 3.26. The molecule has 0 bridgehead atoms. The van der Waals surface area contributed by atoms with Crippen LogP contribution in [0.5, 0.6) is 11.5 Å². The zero-order valence-corrected chi connectivity index (χ0v) is 18.8. The normalized spacial score (nSPS) is 11.9. The quantitative estimate of drug-likeness (QED) is 0.507. The van der Waals surface area contributed by atoms with E-state index < -0.39 is 0 Å². The molecule has 31 heavy (non-hydrogen) atoms. The zero-order chi connectivity index (χ0) is 22.4. The molecule has 1 unspecified atom stereocenters. The van der Waals surface area contributed by atoms with Crippen LogP contribution in [0.2, 0.25) is 0 Å². The fourth-order valence-corrected chi connectivity index (χ4v) is 3.33. The van der Waals surface area contributed by atoms with Gasteiger partial charge in [-0.2, -0.15) is 0 Å². The zero-order valence-electron chi connectivity index (χ0n) is 18.8. The van der Waals surface area contributed by atoms with E-state index in [4.69, 9.17) is 13.9 Å². The highest BCUT2D eigenvalue weighted by Crippen LogP contribution is 2.30. The maximum atomic E-state index is 12.4. The number of rotatable bonds is 9.